The van der Waals surface area contributed by atoms with E-state index in [1.807, 2.05) is 19.3 Å². The summed E-state index contributed by atoms with van der Waals surface area (Å²) in [5.41, 5.74) is 1.60. The summed E-state index contributed by atoms with van der Waals surface area (Å²) in [4.78, 5) is 16.2. The van der Waals surface area contributed by atoms with E-state index in [-0.39, 0.29) is 5.97 Å². The van der Waals surface area contributed by atoms with Gasteiger partial charge in [0.25, 0.3) is 0 Å². The molecule has 0 fully saturated rings. The quantitative estimate of drug-likeness (QED) is 0.851. The minimum atomic E-state index is -0.351. The third kappa shape index (κ3) is 2.67. The van der Waals surface area contributed by atoms with Crippen molar-refractivity contribution in [3.63, 3.8) is 0 Å². The van der Waals surface area contributed by atoms with E-state index in [0.717, 1.165) is 5.69 Å². The van der Waals surface area contributed by atoms with E-state index in [1.54, 1.807) is 11.6 Å². The van der Waals surface area contributed by atoms with E-state index >= 15 is 0 Å². The Morgan fingerprint density at radius 3 is 3.00 bits per heavy atom. The van der Waals surface area contributed by atoms with Crippen LogP contribution in [0.1, 0.15) is 21.1 Å². The van der Waals surface area contributed by atoms with E-state index in [4.69, 9.17) is 0 Å². The number of nitrogens with one attached hydrogen (secondary N) is 1. The van der Waals surface area contributed by atoms with E-state index < -0.39 is 0 Å². The molecule has 0 aliphatic heterocycles. The summed E-state index contributed by atoms with van der Waals surface area (Å²) < 4.78 is 6.42. The lowest BCUT2D eigenvalue weighted by Gasteiger charge is -1.98. The Balaban J connectivity index is 2.04. The summed E-state index contributed by atoms with van der Waals surface area (Å²) in [6.45, 7) is 2.36. The zero-order chi connectivity index (χ0) is 13.1. The number of carbonyl (C=O) groups is 1. The first-order valence-electron chi connectivity index (χ1n) is 5.38. The lowest BCUT2D eigenvalue weighted by Crippen LogP contribution is -2.00. The van der Waals surface area contributed by atoms with Gasteiger partial charge < -0.3 is 10.1 Å². The van der Waals surface area contributed by atoms with E-state index in [2.05, 4.69) is 20.1 Å². The van der Waals surface area contributed by atoms with Crippen molar-refractivity contribution in [3.05, 3.63) is 28.5 Å². The fraction of sp³-hybridized carbons (Fsp3) is 0.364. The molecule has 0 bridgehead atoms. The Kier molecular flexibility index (Phi) is 3.61. The van der Waals surface area contributed by atoms with Crippen molar-refractivity contribution in [3.8, 4) is 0 Å². The van der Waals surface area contributed by atoms with Gasteiger partial charge in [-0.1, -0.05) is 11.3 Å². The molecule has 1 N–H and O–H groups in total. The topological polar surface area (TPSA) is 69.0 Å². The number of esters is 1. The summed E-state index contributed by atoms with van der Waals surface area (Å²) >= 11 is 1.29. The number of nitrogens with zero attached hydrogens (tertiary/aromatic N) is 3. The first-order valence-corrected chi connectivity index (χ1v) is 6.20. The van der Waals surface area contributed by atoms with E-state index in [1.165, 1.54) is 18.4 Å². The maximum absolute atomic E-state index is 11.4. The van der Waals surface area contributed by atoms with Crippen molar-refractivity contribution in [1.29, 1.82) is 0 Å². The molecule has 96 valence electrons. The van der Waals surface area contributed by atoms with Crippen LogP contribution >= 0.6 is 11.3 Å². The molecule has 0 aromatic carbocycles. The number of methoxy groups -OCH3 is 1. The van der Waals surface area contributed by atoms with Gasteiger partial charge in [-0.05, 0) is 13.0 Å². The van der Waals surface area contributed by atoms with Gasteiger partial charge in [0.15, 0.2) is 5.13 Å². The molecule has 0 saturated heterocycles. The van der Waals surface area contributed by atoms with Crippen LogP contribution in [0.25, 0.3) is 0 Å². The summed E-state index contributed by atoms with van der Waals surface area (Å²) in [7, 11) is 3.23. The minimum Gasteiger partial charge on any atom is -0.465 e. The maximum Gasteiger partial charge on any atom is 0.350 e. The minimum absolute atomic E-state index is 0.351. The average Bonchev–Trinajstić information content (AvgIpc) is 2.92. The van der Waals surface area contributed by atoms with Crippen molar-refractivity contribution in [1.82, 2.24) is 14.8 Å². The predicted molar refractivity (Wildman–Crippen MR) is 68.7 cm³/mol. The van der Waals surface area contributed by atoms with Gasteiger partial charge in [0.05, 0.1) is 25.0 Å². The molecule has 2 aromatic heterocycles. The van der Waals surface area contributed by atoms with Crippen LogP contribution in [0.3, 0.4) is 0 Å². The van der Waals surface area contributed by atoms with Crippen LogP contribution in [0.4, 0.5) is 5.13 Å². The molecule has 0 aliphatic rings. The number of thiazole rings is 1. The summed E-state index contributed by atoms with van der Waals surface area (Å²) in [5.74, 6) is -0.351. The van der Waals surface area contributed by atoms with Gasteiger partial charge in [-0.3, -0.25) is 4.68 Å². The Labute approximate surface area is 109 Å². The molecule has 18 heavy (non-hydrogen) atoms. The molecule has 2 rings (SSSR count). The molecule has 0 aliphatic carbocycles. The zero-order valence-corrected chi connectivity index (χ0v) is 11.2. The molecule has 0 unspecified atom stereocenters. The van der Waals surface area contributed by atoms with Crippen LogP contribution < -0.4 is 5.32 Å². The van der Waals surface area contributed by atoms with Crippen LogP contribution in [0.2, 0.25) is 0 Å². The highest BCUT2D eigenvalue weighted by molar-refractivity contribution is 7.17. The van der Waals surface area contributed by atoms with Gasteiger partial charge in [-0.15, -0.1) is 0 Å². The molecule has 2 heterocycles. The number of ether oxygens (including phenoxy) is 1. The standard InChI is InChI=1S/C11H14N4O2S/c1-7-9(10(16)17-3)18-11(13-7)12-6-8-4-5-15(2)14-8/h4-5H,6H2,1-3H3,(H,12,13). The highest BCUT2D eigenvalue weighted by Gasteiger charge is 2.15. The Bertz CT molecular complexity index is 561. The highest BCUT2D eigenvalue weighted by atomic mass is 32.1. The van der Waals surface area contributed by atoms with Crippen LogP contribution in [0.5, 0.6) is 0 Å². The lowest BCUT2D eigenvalue weighted by atomic mass is 10.4. The fourth-order valence-electron chi connectivity index (χ4n) is 1.48. The number of rotatable bonds is 4. The summed E-state index contributed by atoms with van der Waals surface area (Å²) in [5, 5.41) is 8.08. The molecule has 0 spiro atoms. The smallest absolute Gasteiger partial charge is 0.350 e. The molecule has 6 nitrogen and oxygen atoms in total. The lowest BCUT2D eigenvalue weighted by molar-refractivity contribution is 0.0605. The van der Waals surface area contributed by atoms with Gasteiger partial charge in [-0.2, -0.15) is 5.10 Å². The third-order valence-corrected chi connectivity index (χ3v) is 3.45. The Hall–Kier alpha value is -1.89. The van der Waals surface area contributed by atoms with E-state index in [9.17, 15) is 4.79 Å². The average molecular weight is 266 g/mol. The number of aryl methyl sites for hydroxylation is 2. The first-order chi connectivity index (χ1) is 8.60. The summed E-state index contributed by atoms with van der Waals surface area (Å²) in [6.07, 6.45) is 1.88. The van der Waals surface area contributed by atoms with Crippen molar-refractivity contribution < 1.29 is 9.53 Å². The molecule has 0 atom stereocenters. The molecule has 0 saturated carbocycles. The number of carbonyl (C=O) groups excluding carboxylic acids is 1. The second-order valence-electron chi connectivity index (χ2n) is 3.76. The normalized spacial score (nSPS) is 10.4. The van der Waals surface area contributed by atoms with Crippen molar-refractivity contribution in [2.45, 2.75) is 13.5 Å². The number of hydrogen-bond acceptors (Lipinski definition) is 6. The Morgan fingerprint density at radius 1 is 1.61 bits per heavy atom. The van der Waals surface area contributed by atoms with Crippen LogP contribution in [0.15, 0.2) is 12.3 Å². The van der Waals surface area contributed by atoms with E-state index in [0.29, 0.717) is 22.2 Å². The molecular weight excluding hydrogens is 252 g/mol. The number of hydrogen-bond donors (Lipinski definition) is 1. The van der Waals surface area contributed by atoms with Crippen molar-refractivity contribution in [2.75, 3.05) is 12.4 Å². The van der Waals surface area contributed by atoms with Gasteiger partial charge in [0, 0.05) is 13.2 Å². The van der Waals surface area contributed by atoms with Crippen molar-refractivity contribution in [2.24, 2.45) is 7.05 Å². The third-order valence-electron chi connectivity index (χ3n) is 2.36. The van der Waals surface area contributed by atoms with Crippen molar-refractivity contribution >= 4 is 22.4 Å². The summed E-state index contributed by atoms with van der Waals surface area (Å²) in [6, 6.07) is 1.93. The van der Waals surface area contributed by atoms with Gasteiger partial charge in [0.2, 0.25) is 0 Å². The maximum atomic E-state index is 11.4. The predicted octanol–water partition coefficient (Wildman–Crippen LogP) is 1.58. The largest absolute Gasteiger partial charge is 0.465 e. The molecule has 7 heteroatoms. The second-order valence-corrected chi connectivity index (χ2v) is 4.76. The second kappa shape index (κ2) is 5.18. The molecular formula is C11H14N4O2S. The molecule has 0 radical (unpaired) electrons. The number of anilines is 1. The monoisotopic (exact) mass is 266 g/mol. The van der Waals surface area contributed by atoms with Crippen LogP contribution in [-0.2, 0) is 18.3 Å². The van der Waals surface area contributed by atoms with Gasteiger partial charge in [0.1, 0.15) is 4.88 Å². The SMILES string of the molecule is COC(=O)c1sc(NCc2ccn(C)n2)nc1C. The Morgan fingerprint density at radius 2 is 2.39 bits per heavy atom. The molecule has 2 aromatic rings. The van der Waals surface area contributed by atoms with Gasteiger partial charge >= 0.3 is 5.97 Å². The first kappa shape index (κ1) is 12.6. The highest BCUT2D eigenvalue weighted by Crippen LogP contribution is 2.23. The molecule has 0 amide bonds. The number of aromatic nitrogens is 3. The fourth-order valence-corrected chi connectivity index (χ4v) is 2.36. The van der Waals surface area contributed by atoms with Crippen LogP contribution in [-0.4, -0.2) is 27.8 Å². The van der Waals surface area contributed by atoms with Crippen LogP contribution in [0, 0.1) is 6.92 Å². The zero-order valence-electron chi connectivity index (χ0n) is 10.4. The van der Waals surface area contributed by atoms with Gasteiger partial charge in [-0.25, -0.2) is 9.78 Å².